The number of hydrogen-bond donors (Lipinski definition) is 1. The van der Waals surface area contributed by atoms with Crippen LogP contribution in [0, 0.1) is 6.92 Å². The van der Waals surface area contributed by atoms with Crippen LogP contribution in [0.4, 0.5) is 0 Å². The molecule has 1 aromatic carbocycles. The SMILES string of the molecule is CCOC(=O)c1cn(Cc2ccc(C)cc2)c(=O)cc1O. The van der Waals surface area contributed by atoms with E-state index in [1.54, 1.807) is 6.92 Å². The fourth-order valence-corrected chi connectivity index (χ4v) is 1.94. The first-order valence-corrected chi connectivity index (χ1v) is 6.67. The molecule has 1 heterocycles. The lowest BCUT2D eigenvalue weighted by Crippen LogP contribution is -2.21. The lowest BCUT2D eigenvalue weighted by atomic mass is 10.1. The van der Waals surface area contributed by atoms with Gasteiger partial charge in [-0.05, 0) is 19.4 Å². The van der Waals surface area contributed by atoms with Crippen molar-refractivity contribution in [1.82, 2.24) is 4.57 Å². The van der Waals surface area contributed by atoms with Gasteiger partial charge in [-0.1, -0.05) is 29.8 Å². The van der Waals surface area contributed by atoms with Gasteiger partial charge in [-0.2, -0.15) is 0 Å². The first-order chi connectivity index (χ1) is 10.0. The van der Waals surface area contributed by atoms with Crippen molar-refractivity contribution in [3.8, 4) is 5.75 Å². The van der Waals surface area contributed by atoms with Crippen molar-refractivity contribution in [1.29, 1.82) is 0 Å². The molecule has 0 aliphatic heterocycles. The van der Waals surface area contributed by atoms with Gasteiger partial charge in [-0.15, -0.1) is 0 Å². The van der Waals surface area contributed by atoms with Crippen LogP contribution in [0.15, 0.2) is 41.3 Å². The Kier molecular flexibility index (Phi) is 4.42. The van der Waals surface area contributed by atoms with Gasteiger partial charge in [-0.3, -0.25) is 4.79 Å². The molecule has 0 fully saturated rings. The zero-order valence-electron chi connectivity index (χ0n) is 12.0. The van der Waals surface area contributed by atoms with Crippen molar-refractivity contribution in [3.63, 3.8) is 0 Å². The summed E-state index contributed by atoms with van der Waals surface area (Å²) in [6.45, 7) is 4.19. The lowest BCUT2D eigenvalue weighted by Gasteiger charge is -2.10. The Morgan fingerprint density at radius 3 is 2.57 bits per heavy atom. The molecule has 2 aromatic rings. The Labute approximate surface area is 122 Å². The molecule has 0 saturated heterocycles. The van der Waals surface area contributed by atoms with Crippen molar-refractivity contribution < 1.29 is 14.6 Å². The average Bonchev–Trinajstić information content (AvgIpc) is 2.44. The smallest absolute Gasteiger partial charge is 0.343 e. The minimum absolute atomic E-state index is 0.0106. The highest BCUT2D eigenvalue weighted by molar-refractivity contribution is 5.91. The molecule has 0 unspecified atom stereocenters. The van der Waals surface area contributed by atoms with Gasteiger partial charge in [0.2, 0.25) is 0 Å². The van der Waals surface area contributed by atoms with Crippen LogP contribution >= 0.6 is 0 Å². The molecule has 0 aliphatic carbocycles. The van der Waals surface area contributed by atoms with Crippen LogP contribution in [-0.2, 0) is 11.3 Å². The van der Waals surface area contributed by atoms with Gasteiger partial charge in [0, 0.05) is 12.3 Å². The number of benzene rings is 1. The Bertz CT molecular complexity index is 701. The number of carbonyl (C=O) groups excluding carboxylic acids is 1. The molecule has 2 rings (SSSR count). The molecule has 5 nitrogen and oxygen atoms in total. The van der Waals surface area contributed by atoms with Gasteiger partial charge in [0.05, 0.1) is 13.2 Å². The standard InChI is InChI=1S/C16H17NO4/c1-3-21-16(20)13-10-17(15(19)8-14(13)18)9-12-6-4-11(2)5-7-12/h4-8,10,18H,3,9H2,1-2H3. The van der Waals surface area contributed by atoms with Crippen LogP contribution in [0.2, 0.25) is 0 Å². The highest BCUT2D eigenvalue weighted by Gasteiger charge is 2.15. The second-order valence-electron chi connectivity index (χ2n) is 4.74. The molecular weight excluding hydrogens is 270 g/mol. The first kappa shape index (κ1) is 14.8. The zero-order valence-corrected chi connectivity index (χ0v) is 12.0. The Morgan fingerprint density at radius 2 is 1.95 bits per heavy atom. The van der Waals surface area contributed by atoms with E-state index in [2.05, 4.69) is 0 Å². The molecule has 0 radical (unpaired) electrons. The van der Waals surface area contributed by atoms with Crippen LogP contribution in [0.5, 0.6) is 5.75 Å². The molecule has 0 saturated carbocycles. The number of aromatic hydroxyl groups is 1. The van der Waals surface area contributed by atoms with E-state index in [1.807, 2.05) is 31.2 Å². The number of carbonyl (C=O) groups is 1. The molecule has 1 aromatic heterocycles. The molecular formula is C16H17NO4. The fourth-order valence-electron chi connectivity index (χ4n) is 1.94. The summed E-state index contributed by atoms with van der Waals surface area (Å²) in [7, 11) is 0. The molecule has 0 atom stereocenters. The Balaban J connectivity index is 2.35. The second kappa shape index (κ2) is 6.26. The average molecular weight is 287 g/mol. The largest absolute Gasteiger partial charge is 0.507 e. The van der Waals surface area contributed by atoms with E-state index in [1.165, 1.54) is 10.8 Å². The second-order valence-corrected chi connectivity index (χ2v) is 4.74. The summed E-state index contributed by atoms with van der Waals surface area (Å²) >= 11 is 0. The first-order valence-electron chi connectivity index (χ1n) is 6.67. The highest BCUT2D eigenvalue weighted by Crippen LogP contribution is 2.15. The molecule has 0 amide bonds. The molecule has 0 spiro atoms. The van der Waals surface area contributed by atoms with Crippen LogP contribution in [0.25, 0.3) is 0 Å². The summed E-state index contributed by atoms with van der Waals surface area (Å²) in [5.74, 6) is -1.01. The number of aryl methyl sites for hydroxylation is 1. The molecule has 0 bridgehead atoms. The normalized spacial score (nSPS) is 10.4. The van der Waals surface area contributed by atoms with Gasteiger partial charge < -0.3 is 14.4 Å². The predicted molar refractivity (Wildman–Crippen MR) is 78.6 cm³/mol. The van der Waals surface area contributed by atoms with Gasteiger partial charge in [0.1, 0.15) is 11.3 Å². The predicted octanol–water partition coefficient (Wildman–Crippen LogP) is 2.09. The van der Waals surface area contributed by atoms with Crippen LogP contribution in [0.3, 0.4) is 0 Å². The van der Waals surface area contributed by atoms with E-state index in [0.29, 0.717) is 6.54 Å². The van der Waals surface area contributed by atoms with E-state index < -0.39 is 5.97 Å². The maximum Gasteiger partial charge on any atom is 0.343 e. The van der Waals surface area contributed by atoms with Gasteiger partial charge in [0.25, 0.3) is 5.56 Å². The summed E-state index contributed by atoms with van der Waals surface area (Å²) in [6, 6.07) is 8.76. The molecule has 21 heavy (non-hydrogen) atoms. The van der Waals surface area contributed by atoms with Gasteiger partial charge in [-0.25, -0.2) is 4.79 Å². The third kappa shape index (κ3) is 3.51. The van der Waals surface area contributed by atoms with Gasteiger partial charge >= 0.3 is 5.97 Å². The molecule has 0 aliphatic rings. The topological polar surface area (TPSA) is 68.5 Å². The number of hydrogen-bond acceptors (Lipinski definition) is 4. The molecule has 1 N–H and O–H groups in total. The maximum atomic E-state index is 11.9. The number of esters is 1. The quantitative estimate of drug-likeness (QED) is 0.874. The van der Waals surface area contributed by atoms with Crippen LogP contribution in [-0.4, -0.2) is 22.2 Å². The van der Waals surface area contributed by atoms with E-state index in [9.17, 15) is 14.7 Å². The minimum atomic E-state index is -0.646. The summed E-state index contributed by atoms with van der Waals surface area (Å²) in [5, 5.41) is 9.70. The fraction of sp³-hybridized carbons (Fsp3) is 0.250. The summed E-state index contributed by atoms with van der Waals surface area (Å²) in [5.41, 5.74) is 1.68. The van der Waals surface area contributed by atoms with E-state index >= 15 is 0 Å². The monoisotopic (exact) mass is 287 g/mol. The number of nitrogens with zero attached hydrogens (tertiary/aromatic N) is 1. The summed E-state index contributed by atoms with van der Waals surface area (Å²) in [6.07, 6.45) is 1.33. The minimum Gasteiger partial charge on any atom is -0.507 e. The molecule has 5 heteroatoms. The van der Waals surface area contributed by atoms with Crippen molar-refractivity contribution in [2.45, 2.75) is 20.4 Å². The number of rotatable bonds is 4. The highest BCUT2D eigenvalue weighted by atomic mass is 16.5. The van der Waals surface area contributed by atoms with E-state index in [0.717, 1.165) is 17.2 Å². The van der Waals surface area contributed by atoms with Crippen molar-refractivity contribution in [2.24, 2.45) is 0 Å². The third-order valence-corrected chi connectivity index (χ3v) is 3.07. The number of pyridine rings is 1. The summed E-state index contributed by atoms with van der Waals surface area (Å²) < 4.78 is 6.23. The zero-order chi connectivity index (χ0) is 15.4. The third-order valence-electron chi connectivity index (χ3n) is 3.07. The van der Waals surface area contributed by atoms with Crippen molar-refractivity contribution in [3.05, 3.63) is 63.6 Å². The van der Waals surface area contributed by atoms with E-state index in [4.69, 9.17) is 4.74 Å². The Hall–Kier alpha value is -2.56. The number of ether oxygens (including phenoxy) is 1. The number of aromatic nitrogens is 1. The van der Waals surface area contributed by atoms with Crippen molar-refractivity contribution in [2.75, 3.05) is 6.61 Å². The van der Waals surface area contributed by atoms with E-state index in [-0.39, 0.29) is 23.5 Å². The van der Waals surface area contributed by atoms with Gasteiger partial charge in [0.15, 0.2) is 0 Å². The molecule has 110 valence electrons. The summed E-state index contributed by atoms with van der Waals surface area (Å²) in [4.78, 5) is 23.6. The van der Waals surface area contributed by atoms with Crippen molar-refractivity contribution >= 4 is 5.97 Å². The maximum absolute atomic E-state index is 11.9. The van der Waals surface area contributed by atoms with Crippen LogP contribution < -0.4 is 5.56 Å². The lowest BCUT2D eigenvalue weighted by molar-refractivity contribution is 0.0522. The van der Waals surface area contributed by atoms with Crippen LogP contribution in [0.1, 0.15) is 28.4 Å². The Morgan fingerprint density at radius 1 is 1.29 bits per heavy atom.